The molecule has 1 aliphatic carbocycles. The van der Waals surface area contributed by atoms with Gasteiger partial charge in [-0.1, -0.05) is 6.92 Å². The maximum atomic E-state index is 12.2. The first-order valence-electron chi connectivity index (χ1n) is 8.92. The van der Waals surface area contributed by atoms with Crippen molar-refractivity contribution in [3.63, 3.8) is 0 Å². The highest BCUT2D eigenvalue weighted by atomic mass is 16.5. The van der Waals surface area contributed by atoms with E-state index in [2.05, 4.69) is 17.2 Å². The lowest BCUT2D eigenvalue weighted by Crippen LogP contribution is -2.39. The largest absolute Gasteiger partial charge is 0.497 e. The smallest absolute Gasteiger partial charge is 0.258 e. The molecule has 0 spiro atoms. The molecule has 134 valence electrons. The van der Waals surface area contributed by atoms with Crippen LogP contribution < -0.4 is 14.8 Å². The second kappa shape index (κ2) is 7.72. The molecule has 1 heterocycles. The number of pyridine rings is 1. The van der Waals surface area contributed by atoms with Crippen LogP contribution in [-0.2, 0) is 4.79 Å². The number of carbonyl (C=O) groups excluding carboxylic acids is 1. The molecule has 1 aliphatic rings. The molecule has 5 nitrogen and oxygen atoms in total. The van der Waals surface area contributed by atoms with Crippen LogP contribution in [-0.4, -0.2) is 30.6 Å². The molecule has 0 unspecified atom stereocenters. The molecule has 25 heavy (non-hydrogen) atoms. The lowest BCUT2D eigenvalue weighted by Gasteiger charge is -2.26. The van der Waals surface area contributed by atoms with Crippen molar-refractivity contribution in [2.24, 2.45) is 5.92 Å². The summed E-state index contributed by atoms with van der Waals surface area (Å²) < 4.78 is 11.1. The number of aryl methyl sites for hydroxylation is 1. The minimum absolute atomic E-state index is 0.0157. The van der Waals surface area contributed by atoms with E-state index in [1.807, 2.05) is 31.2 Å². The van der Waals surface area contributed by atoms with Gasteiger partial charge in [0, 0.05) is 23.2 Å². The van der Waals surface area contributed by atoms with Crippen LogP contribution in [0.3, 0.4) is 0 Å². The fraction of sp³-hybridized carbons (Fsp3) is 0.500. The van der Waals surface area contributed by atoms with Gasteiger partial charge in [-0.2, -0.15) is 0 Å². The molecule has 5 heteroatoms. The average molecular weight is 342 g/mol. The van der Waals surface area contributed by atoms with Gasteiger partial charge in [-0.15, -0.1) is 0 Å². The molecule has 0 aliphatic heterocycles. The third-order valence-corrected chi connectivity index (χ3v) is 4.85. The zero-order valence-corrected chi connectivity index (χ0v) is 15.2. The van der Waals surface area contributed by atoms with Gasteiger partial charge < -0.3 is 14.8 Å². The molecule has 1 amide bonds. The normalized spacial score (nSPS) is 20.3. The maximum absolute atomic E-state index is 12.2. The minimum atomic E-state index is -0.0648. The maximum Gasteiger partial charge on any atom is 0.258 e. The summed E-state index contributed by atoms with van der Waals surface area (Å²) in [7, 11) is 1.63. The Hall–Kier alpha value is -2.30. The summed E-state index contributed by atoms with van der Waals surface area (Å²) in [6, 6.07) is 7.80. The van der Waals surface area contributed by atoms with Crippen molar-refractivity contribution in [3.05, 3.63) is 30.0 Å². The Labute approximate surface area is 148 Å². The number of nitrogens with zero attached hydrogens (tertiary/aromatic N) is 1. The Morgan fingerprint density at radius 1 is 1.24 bits per heavy atom. The first-order chi connectivity index (χ1) is 12.0. The second-order valence-corrected chi connectivity index (χ2v) is 6.96. The average Bonchev–Trinajstić information content (AvgIpc) is 2.61. The highest BCUT2D eigenvalue weighted by Crippen LogP contribution is 2.29. The number of fused-ring (bicyclic) bond motifs is 1. The summed E-state index contributed by atoms with van der Waals surface area (Å²) in [5.41, 5.74) is 1.69. The van der Waals surface area contributed by atoms with Gasteiger partial charge in [0.2, 0.25) is 0 Å². The Balaban J connectivity index is 1.66. The molecule has 1 N–H and O–H groups in total. The molecule has 0 saturated heterocycles. The van der Waals surface area contributed by atoms with Gasteiger partial charge in [-0.25, -0.2) is 0 Å². The fourth-order valence-electron chi connectivity index (χ4n) is 3.36. The number of nitrogens with one attached hydrogen (secondary N) is 1. The van der Waals surface area contributed by atoms with Crippen LogP contribution in [0.4, 0.5) is 0 Å². The Bertz CT molecular complexity index is 752. The third kappa shape index (κ3) is 4.41. The monoisotopic (exact) mass is 342 g/mol. The van der Waals surface area contributed by atoms with E-state index in [0.29, 0.717) is 5.75 Å². The van der Waals surface area contributed by atoms with E-state index < -0.39 is 0 Å². The summed E-state index contributed by atoms with van der Waals surface area (Å²) in [5, 5.41) is 3.94. The molecule has 3 rings (SSSR count). The zero-order valence-electron chi connectivity index (χ0n) is 15.2. The molecule has 1 aromatic heterocycles. The number of aromatic nitrogens is 1. The summed E-state index contributed by atoms with van der Waals surface area (Å²) in [6.07, 6.45) is 4.47. The molecular formula is C20H26N2O3. The van der Waals surface area contributed by atoms with Gasteiger partial charge in [0.1, 0.15) is 11.5 Å². The zero-order chi connectivity index (χ0) is 17.8. The van der Waals surface area contributed by atoms with E-state index in [0.717, 1.165) is 41.1 Å². The predicted molar refractivity (Wildman–Crippen MR) is 98.1 cm³/mol. The van der Waals surface area contributed by atoms with Gasteiger partial charge in [-0.05, 0) is 56.7 Å². The fourth-order valence-corrected chi connectivity index (χ4v) is 3.36. The number of rotatable bonds is 5. The van der Waals surface area contributed by atoms with Crippen LogP contribution >= 0.6 is 0 Å². The van der Waals surface area contributed by atoms with Crippen LogP contribution in [0.5, 0.6) is 11.5 Å². The number of hydrogen-bond donors (Lipinski definition) is 1. The highest BCUT2D eigenvalue weighted by Gasteiger charge is 2.20. The summed E-state index contributed by atoms with van der Waals surface area (Å²) in [5.74, 6) is 2.10. The third-order valence-electron chi connectivity index (χ3n) is 4.85. The number of carbonyl (C=O) groups is 1. The van der Waals surface area contributed by atoms with Crippen molar-refractivity contribution in [2.45, 2.75) is 45.6 Å². The van der Waals surface area contributed by atoms with E-state index in [4.69, 9.17) is 9.47 Å². The van der Waals surface area contributed by atoms with Crippen LogP contribution in [0.15, 0.2) is 24.3 Å². The number of hydrogen-bond acceptors (Lipinski definition) is 4. The standard InChI is InChI=1S/C20H26N2O3/c1-13-4-6-15(7-5-13)22-20(23)12-25-19-10-14(2)21-18-9-8-16(24-3)11-17(18)19/h8-11,13,15H,4-7,12H2,1-3H3,(H,22,23). The topological polar surface area (TPSA) is 60.5 Å². The lowest BCUT2D eigenvalue weighted by molar-refractivity contribution is -0.124. The van der Waals surface area contributed by atoms with Gasteiger partial charge in [0.25, 0.3) is 5.91 Å². The molecule has 1 fully saturated rings. The molecule has 1 aromatic carbocycles. The van der Waals surface area contributed by atoms with Crippen molar-refractivity contribution < 1.29 is 14.3 Å². The van der Waals surface area contributed by atoms with Crippen molar-refractivity contribution in [1.29, 1.82) is 0 Å². The van der Waals surface area contributed by atoms with Crippen LogP contribution in [0.1, 0.15) is 38.3 Å². The quantitative estimate of drug-likeness (QED) is 0.901. The highest BCUT2D eigenvalue weighted by molar-refractivity contribution is 5.87. The van der Waals surface area contributed by atoms with Crippen molar-refractivity contribution in [2.75, 3.05) is 13.7 Å². The summed E-state index contributed by atoms with van der Waals surface area (Å²) in [4.78, 5) is 16.7. The first-order valence-corrected chi connectivity index (χ1v) is 8.92. The number of methoxy groups -OCH3 is 1. The predicted octanol–water partition coefficient (Wildman–Crippen LogP) is 3.63. The van der Waals surface area contributed by atoms with Gasteiger partial charge in [0.05, 0.1) is 12.6 Å². The van der Waals surface area contributed by atoms with Crippen molar-refractivity contribution in [1.82, 2.24) is 10.3 Å². The van der Waals surface area contributed by atoms with Gasteiger partial charge >= 0.3 is 0 Å². The molecule has 0 bridgehead atoms. The van der Waals surface area contributed by atoms with E-state index in [-0.39, 0.29) is 18.6 Å². The van der Waals surface area contributed by atoms with Crippen molar-refractivity contribution >= 4 is 16.8 Å². The van der Waals surface area contributed by atoms with Crippen LogP contribution in [0.2, 0.25) is 0 Å². The summed E-state index contributed by atoms with van der Waals surface area (Å²) >= 11 is 0. The van der Waals surface area contributed by atoms with E-state index in [1.165, 1.54) is 12.8 Å². The van der Waals surface area contributed by atoms with Gasteiger partial charge in [0.15, 0.2) is 6.61 Å². The van der Waals surface area contributed by atoms with Crippen molar-refractivity contribution in [3.8, 4) is 11.5 Å². The number of amides is 1. The molecule has 2 aromatic rings. The molecule has 0 atom stereocenters. The van der Waals surface area contributed by atoms with Crippen LogP contribution in [0, 0.1) is 12.8 Å². The molecular weight excluding hydrogens is 316 g/mol. The Morgan fingerprint density at radius 2 is 2.00 bits per heavy atom. The minimum Gasteiger partial charge on any atom is -0.497 e. The van der Waals surface area contributed by atoms with E-state index in [1.54, 1.807) is 7.11 Å². The number of benzene rings is 1. The van der Waals surface area contributed by atoms with E-state index in [9.17, 15) is 4.79 Å². The lowest BCUT2D eigenvalue weighted by atomic mass is 9.87. The van der Waals surface area contributed by atoms with Crippen LogP contribution in [0.25, 0.3) is 10.9 Å². The van der Waals surface area contributed by atoms with E-state index >= 15 is 0 Å². The molecule has 0 radical (unpaired) electrons. The Morgan fingerprint density at radius 3 is 2.72 bits per heavy atom. The molecule has 1 saturated carbocycles. The number of ether oxygens (including phenoxy) is 2. The summed E-state index contributed by atoms with van der Waals surface area (Å²) in [6.45, 7) is 4.20. The second-order valence-electron chi connectivity index (χ2n) is 6.96. The first kappa shape index (κ1) is 17.5. The SMILES string of the molecule is COc1ccc2nc(C)cc(OCC(=O)NC3CCC(C)CC3)c2c1. The Kier molecular flexibility index (Phi) is 5.41. The van der Waals surface area contributed by atoms with Gasteiger partial charge in [-0.3, -0.25) is 9.78 Å².